The lowest BCUT2D eigenvalue weighted by Gasteiger charge is -2.33. The van der Waals surface area contributed by atoms with Crippen molar-refractivity contribution in [3.05, 3.63) is 94.3 Å². The van der Waals surface area contributed by atoms with E-state index in [4.69, 9.17) is 9.47 Å². The van der Waals surface area contributed by atoms with E-state index in [0.717, 1.165) is 40.8 Å². The molecule has 0 aliphatic carbocycles. The van der Waals surface area contributed by atoms with Crippen LogP contribution in [0.4, 0.5) is 4.39 Å². The third-order valence-corrected chi connectivity index (χ3v) is 6.17. The SMILES string of the molecule is COc1cc(CCNCC2CC(c3cc(C(=O)O)ccc3C)c3ccccc3O2)ccc1F. The van der Waals surface area contributed by atoms with Crippen molar-refractivity contribution in [3.8, 4) is 11.5 Å². The number of fused-ring (bicyclic) bond motifs is 1. The van der Waals surface area contributed by atoms with Gasteiger partial charge in [0.2, 0.25) is 0 Å². The molecule has 1 aliphatic rings. The zero-order chi connectivity index (χ0) is 23.4. The van der Waals surface area contributed by atoms with Crippen molar-refractivity contribution in [2.75, 3.05) is 20.2 Å². The summed E-state index contributed by atoms with van der Waals surface area (Å²) >= 11 is 0. The number of benzene rings is 3. The molecule has 2 unspecified atom stereocenters. The Morgan fingerprint density at radius 1 is 1.15 bits per heavy atom. The first-order valence-electron chi connectivity index (χ1n) is 11.1. The molecule has 1 aliphatic heterocycles. The van der Waals surface area contributed by atoms with E-state index < -0.39 is 5.97 Å². The number of carboxylic acid groups (broad SMARTS) is 1. The minimum absolute atomic E-state index is 0.0551. The molecule has 0 bridgehead atoms. The molecule has 33 heavy (non-hydrogen) atoms. The Kier molecular flexibility index (Phi) is 6.94. The lowest BCUT2D eigenvalue weighted by molar-refractivity contribution is 0.0696. The largest absolute Gasteiger partial charge is 0.494 e. The maximum atomic E-state index is 13.6. The highest BCUT2D eigenvalue weighted by Crippen LogP contribution is 2.41. The zero-order valence-corrected chi connectivity index (χ0v) is 18.8. The lowest BCUT2D eigenvalue weighted by atomic mass is 9.81. The number of rotatable bonds is 8. The van der Waals surface area contributed by atoms with Crippen LogP contribution in [0.3, 0.4) is 0 Å². The molecule has 0 radical (unpaired) electrons. The van der Waals surface area contributed by atoms with Crippen molar-refractivity contribution in [1.82, 2.24) is 5.32 Å². The van der Waals surface area contributed by atoms with Crippen molar-refractivity contribution in [2.45, 2.75) is 31.8 Å². The second kappa shape index (κ2) is 10.0. The normalized spacial score (nSPS) is 17.2. The van der Waals surface area contributed by atoms with Crippen LogP contribution in [0.1, 0.15) is 45.0 Å². The van der Waals surface area contributed by atoms with Crippen LogP contribution in [0.15, 0.2) is 60.7 Å². The van der Waals surface area contributed by atoms with Crippen molar-refractivity contribution in [2.24, 2.45) is 0 Å². The summed E-state index contributed by atoms with van der Waals surface area (Å²) in [5, 5.41) is 12.9. The summed E-state index contributed by atoms with van der Waals surface area (Å²) in [7, 11) is 1.46. The Balaban J connectivity index is 1.46. The number of aryl methyl sites for hydroxylation is 1. The molecule has 0 fully saturated rings. The molecule has 1 heterocycles. The van der Waals surface area contributed by atoms with Gasteiger partial charge in [-0.05, 0) is 73.3 Å². The molecule has 3 aromatic carbocycles. The van der Waals surface area contributed by atoms with Gasteiger partial charge in [-0.15, -0.1) is 0 Å². The maximum absolute atomic E-state index is 13.6. The predicted molar refractivity (Wildman–Crippen MR) is 125 cm³/mol. The molecule has 0 aromatic heterocycles. The Morgan fingerprint density at radius 3 is 2.76 bits per heavy atom. The predicted octanol–water partition coefficient (Wildman–Crippen LogP) is 4.96. The Bertz CT molecular complexity index is 1150. The average Bonchev–Trinajstić information content (AvgIpc) is 2.82. The number of carboxylic acids is 1. The first kappa shape index (κ1) is 22.8. The molecule has 0 spiro atoms. The summed E-state index contributed by atoms with van der Waals surface area (Å²) in [5.41, 5.74) is 4.46. The second-order valence-electron chi connectivity index (χ2n) is 8.37. The smallest absolute Gasteiger partial charge is 0.335 e. The van der Waals surface area contributed by atoms with Crippen molar-refractivity contribution in [3.63, 3.8) is 0 Å². The van der Waals surface area contributed by atoms with Crippen LogP contribution in [0.5, 0.6) is 11.5 Å². The molecule has 3 aromatic rings. The number of methoxy groups -OCH3 is 1. The van der Waals surface area contributed by atoms with Gasteiger partial charge in [-0.2, -0.15) is 0 Å². The standard InChI is InChI=1S/C27H28FNO4/c1-17-7-9-19(27(30)31)14-22(17)23-15-20(33-25-6-4-3-5-21(23)25)16-29-12-11-18-8-10-24(28)26(13-18)32-2/h3-10,13-14,20,23,29H,11-12,15-16H2,1-2H3,(H,30,31). The fraction of sp³-hybridized carbons (Fsp3) is 0.296. The summed E-state index contributed by atoms with van der Waals surface area (Å²) in [4.78, 5) is 11.5. The maximum Gasteiger partial charge on any atom is 0.335 e. The number of hydrogen-bond donors (Lipinski definition) is 2. The molecule has 2 N–H and O–H groups in total. The summed E-state index contributed by atoms with van der Waals surface area (Å²) in [6.07, 6.45) is 1.43. The van der Waals surface area contributed by atoms with Gasteiger partial charge < -0.3 is 19.9 Å². The van der Waals surface area contributed by atoms with E-state index in [1.807, 2.05) is 31.2 Å². The summed E-state index contributed by atoms with van der Waals surface area (Å²) in [5.74, 6) is -0.142. The van der Waals surface area contributed by atoms with Gasteiger partial charge in [-0.25, -0.2) is 9.18 Å². The molecule has 5 nitrogen and oxygen atoms in total. The highest BCUT2D eigenvalue weighted by molar-refractivity contribution is 5.88. The lowest BCUT2D eigenvalue weighted by Crippen LogP contribution is -2.36. The highest BCUT2D eigenvalue weighted by atomic mass is 19.1. The van der Waals surface area contributed by atoms with Crippen molar-refractivity contribution < 1.29 is 23.8 Å². The van der Waals surface area contributed by atoms with Crippen LogP contribution in [0.25, 0.3) is 0 Å². The first-order valence-corrected chi connectivity index (χ1v) is 11.1. The van der Waals surface area contributed by atoms with Gasteiger partial charge in [-0.3, -0.25) is 0 Å². The molecule has 4 rings (SSSR count). The minimum atomic E-state index is -0.924. The molecule has 0 saturated heterocycles. The molecular weight excluding hydrogens is 421 g/mol. The Morgan fingerprint density at radius 2 is 1.97 bits per heavy atom. The Hall–Kier alpha value is -3.38. The van der Waals surface area contributed by atoms with Gasteiger partial charge in [0.05, 0.1) is 12.7 Å². The van der Waals surface area contributed by atoms with E-state index in [1.165, 1.54) is 13.2 Å². The molecular formula is C27H28FNO4. The zero-order valence-electron chi connectivity index (χ0n) is 18.8. The molecule has 6 heteroatoms. The van der Waals surface area contributed by atoms with Crippen molar-refractivity contribution in [1.29, 1.82) is 0 Å². The van der Waals surface area contributed by atoms with Gasteiger partial charge in [0, 0.05) is 18.0 Å². The van der Waals surface area contributed by atoms with E-state index in [0.29, 0.717) is 18.7 Å². The summed E-state index contributed by atoms with van der Waals surface area (Å²) in [6.45, 7) is 3.39. The van der Waals surface area contributed by atoms with Crippen LogP contribution >= 0.6 is 0 Å². The van der Waals surface area contributed by atoms with E-state index in [1.54, 1.807) is 24.3 Å². The summed E-state index contributed by atoms with van der Waals surface area (Å²) in [6, 6.07) is 18.2. The Labute approximate surface area is 193 Å². The van der Waals surface area contributed by atoms with E-state index in [2.05, 4.69) is 11.4 Å². The highest BCUT2D eigenvalue weighted by Gasteiger charge is 2.30. The number of hydrogen-bond acceptors (Lipinski definition) is 4. The van der Waals surface area contributed by atoms with Crippen LogP contribution in [-0.4, -0.2) is 37.4 Å². The monoisotopic (exact) mass is 449 g/mol. The third-order valence-electron chi connectivity index (χ3n) is 6.17. The fourth-order valence-electron chi connectivity index (χ4n) is 4.42. The fourth-order valence-corrected chi connectivity index (χ4v) is 4.42. The topological polar surface area (TPSA) is 67.8 Å². The molecule has 0 saturated carbocycles. The van der Waals surface area contributed by atoms with Crippen LogP contribution in [-0.2, 0) is 6.42 Å². The van der Waals surface area contributed by atoms with E-state index >= 15 is 0 Å². The number of para-hydroxylation sites is 1. The van der Waals surface area contributed by atoms with Crippen LogP contribution in [0, 0.1) is 12.7 Å². The molecule has 172 valence electrons. The van der Waals surface area contributed by atoms with E-state index in [9.17, 15) is 14.3 Å². The number of halogens is 1. The molecule has 2 atom stereocenters. The minimum Gasteiger partial charge on any atom is -0.494 e. The van der Waals surface area contributed by atoms with E-state index in [-0.39, 0.29) is 23.6 Å². The molecule has 0 amide bonds. The number of carbonyl (C=O) groups is 1. The van der Waals surface area contributed by atoms with Gasteiger partial charge in [0.15, 0.2) is 11.6 Å². The van der Waals surface area contributed by atoms with Gasteiger partial charge in [0.25, 0.3) is 0 Å². The van der Waals surface area contributed by atoms with Crippen molar-refractivity contribution >= 4 is 5.97 Å². The van der Waals surface area contributed by atoms with Gasteiger partial charge in [-0.1, -0.05) is 30.3 Å². The first-order chi connectivity index (χ1) is 16.0. The number of ether oxygens (including phenoxy) is 2. The van der Waals surface area contributed by atoms with Crippen LogP contribution < -0.4 is 14.8 Å². The number of aromatic carboxylic acids is 1. The van der Waals surface area contributed by atoms with Gasteiger partial charge >= 0.3 is 5.97 Å². The number of nitrogens with one attached hydrogen (secondary N) is 1. The van der Waals surface area contributed by atoms with Gasteiger partial charge in [0.1, 0.15) is 11.9 Å². The summed E-state index contributed by atoms with van der Waals surface area (Å²) < 4.78 is 24.9. The van der Waals surface area contributed by atoms with Crippen LogP contribution in [0.2, 0.25) is 0 Å². The third kappa shape index (κ3) is 5.17. The second-order valence-corrected chi connectivity index (χ2v) is 8.37. The average molecular weight is 450 g/mol. The quantitative estimate of drug-likeness (QED) is 0.476.